The highest BCUT2D eigenvalue weighted by atomic mass is 16.5. The van der Waals surface area contributed by atoms with Crippen molar-refractivity contribution in [3.63, 3.8) is 0 Å². The van der Waals surface area contributed by atoms with Gasteiger partial charge in [-0.05, 0) is 18.9 Å². The summed E-state index contributed by atoms with van der Waals surface area (Å²) in [7, 11) is 1.74. The maximum atomic E-state index is 5.81. The predicted octanol–water partition coefficient (Wildman–Crippen LogP) is 2.84. The minimum atomic E-state index is 0.327. The molecule has 0 saturated heterocycles. The van der Waals surface area contributed by atoms with Crippen LogP contribution >= 0.6 is 0 Å². The van der Waals surface area contributed by atoms with E-state index in [1.165, 1.54) is 25.7 Å². The quantitative estimate of drug-likeness (QED) is 0.573. The van der Waals surface area contributed by atoms with Crippen LogP contribution in [0.1, 0.15) is 46.5 Å². The van der Waals surface area contributed by atoms with Crippen molar-refractivity contribution in [2.75, 3.05) is 33.5 Å². The minimum Gasteiger partial charge on any atom is -0.383 e. The van der Waals surface area contributed by atoms with E-state index in [0.29, 0.717) is 6.04 Å². The van der Waals surface area contributed by atoms with Crippen LogP contribution < -0.4 is 5.32 Å². The van der Waals surface area contributed by atoms with E-state index in [9.17, 15) is 0 Å². The van der Waals surface area contributed by atoms with E-state index in [1.54, 1.807) is 7.11 Å². The summed E-state index contributed by atoms with van der Waals surface area (Å²) in [4.78, 5) is 0. The molecule has 0 aliphatic rings. The number of likely N-dealkylation sites (N-methyl/N-ethyl adjacent to an activating group) is 1. The molecule has 0 aliphatic heterocycles. The lowest BCUT2D eigenvalue weighted by atomic mass is 10.0. The highest BCUT2D eigenvalue weighted by Gasteiger charge is 2.10. The fourth-order valence-corrected chi connectivity index (χ4v) is 1.93. The lowest BCUT2D eigenvalue weighted by molar-refractivity contribution is 0.0528. The van der Waals surface area contributed by atoms with E-state index in [0.717, 1.165) is 32.3 Å². The maximum Gasteiger partial charge on any atom is 0.0642 e. The van der Waals surface area contributed by atoms with Crippen LogP contribution in [0.25, 0.3) is 0 Å². The highest BCUT2D eigenvalue weighted by molar-refractivity contribution is 4.64. The number of ether oxygens (including phenoxy) is 2. The van der Waals surface area contributed by atoms with E-state index in [1.807, 2.05) is 0 Å². The van der Waals surface area contributed by atoms with Crippen LogP contribution in [0.5, 0.6) is 0 Å². The summed E-state index contributed by atoms with van der Waals surface area (Å²) in [6.45, 7) is 9.93. The van der Waals surface area contributed by atoms with Gasteiger partial charge in [0.15, 0.2) is 0 Å². The lowest BCUT2D eigenvalue weighted by Gasteiger charge is -2.19. The Kier molecular flexibility index (Phi) is 12.3. The van der Waals surface area contributed by atoms with Gasteiger partial charge in [0.1, 0.15) is 0 Å². The molecule has 0 aliphatic carbocycles. The number of nitrogens with one attached hydrogen (secondary N) is 1. The van der Waals surface area contributed by atoms with Gasteiger partial charge in [-0.15, -0.1) is 0 Å². The molecule has 3 nitrogen and oxygen atoms in total. The molecule has 2 atom stereocenters. The standard InChI is InChI=1S/C14H31NO2/c1-5-8-9-13(6-2)10-17-12-14(11-16-4)15-7-3/h13-15H,5-12H2,1-4H3. The normalized spacial score (nSPS) is 14.8. The molecule has 0 aromatic carbocycles. The Morgan fingerprint density at radius 2 is 1.82 bits per heavy atom. The Morgan fingerprint density at radius 1 is 1.06 bits per heavy atom. The molecule has 17 heavy (non-hydrogen) atoms. The fourth-order valence-electron chi connectivity index (χ4n) is 1.93. The van der Waals surface area contributed by atoms with Gasteiger partial charge in [0.2, 0.25) is 0 Å². The number of methoxy groups -OCH3 is 1. The highest BCUT2D eigenvalue weighted by Crippen LogP contribution is 2.12. The minimum absolute atomic E-state index is 0.327. The van der Waals surface area contributed by atoms with Crippen LogP contribution in [-0.4, -0.2) is 39.5 Å². The summed E-state index contributed by atoms with van der Waals surface area (Å²) < 4.78 is 11.0. The molecule has 0 bridgehead atoms. The SMILES string of the molecule is CCCCC(CC)COCC(COC)NCC. The van der Waals surface area contributed by atoms with Crippen molar-refractivity contribution in [1.29, 1.82) is 0 Å². The lowest BCUT2D eigenvalue weighted by Crippen LogP contribution is -2.37. The Hall–Kier alpha value is -0.120. The van der Waals surface area contributed by atoms with Crippen molar-refractivity contribution in [1.82, 2.24) is 5.32 Å². The van der Waals surface area contributed by atoms with Crippen LogP contribution in [0.2, 0.25) is 0 Å². The van der Waals surface area contributed by atoms with Crippen molar-refractivity contribution in [3.05, 3.63) is 0 Å². The van der Waals surface area contributed by atoms with Gasteiger partial charge in [0, 0.05) is 13.7 Å². The summed E-state index contributed by atoms with van der Waals surface area (Å²) in [5.41, 5.74) is 0. The smallest absolute Gasteiger partial charge is 0.0642 e. The average Bonchev–Trinajstić information content (AvgIpc) is 2.34. The Morgan fingerprint density at radius 3 is 2.35 bits per heavy atom. The fraction of sp³-hybridized carbons (Fsp3) is 1.00. The van der Waals surface area contributed by atoms with E-state index in [4.69, 9.17) is 9.47 Å². The van der Waals surface area contributed by atoms with Gasteiger partial charge >= 0.3 is 0 Å². The molecule has 2 unspecified atom stereocenters. The summed E-state index contributed by atoms with van der Waals surface area (Å²) >= 11 is 0. The Labute approximate surface area is 107 Å². The zero-order valence-corrected chi connectivity index (χ0v) is 12.1. The topological polar surface area (TPSA) is 30.5 Å². The molecule has 0 amide bonds. The number of unbranched alkanes of at least 4 members (excludes halogenated alkanes) is 1. The first-order valence-electron chi connectivity index (χ1n) is 7.08. The van der Waals surface area contributed by atoms with E-state index in [-0.39, 0.29) is 0 Å². The second-order valence-electron chi connectivity index (χ2n) is 4.66. The predicted molar refractivity (Wildman–Crippen MR) is 73.5 cm³/mol. The van der Waals surface area contributed by atoms with Crippen LogP contribution in [0.3, 0.4) is 0 Å². The monoisotopic (exact) mass is 245 g/mol. The summed E-state index contributed by atoms with van der Waals surface area (Å²) in [5.74, 6) is 0.722. The molecule has 0 aromatic rings. The first kappa shape index (κ1) is 16.9. The van der Waals surface area contributed by atoms with Gasteiger partial charge in [-0.2, -0.15) is 0 Å². The first-order chi connectivity index (χ1) is 8.28. The molecule has 0 spiro atoms. The van der Waals surface area contributed by atoms with Crippen molar-refractivity contribution >= 4 is 0 Å². The summed E-state index contributed by atoms with van der Waals surface area (Å²) in [6.07, 6.45) is 5.11. The van der Waals surface area contributed by atoms with Gasteiger partial charge in [-0.3, -0.25) is 0 Å². The third-order valence-corrected chi connectivity index (χ3v) is 3.08. The zero-order chi connectivity index (χ0) is 12.9. The third kappa shape index (κ3) is 9.57. The van der Waals surface area contributed by atoms with E-state index < -0.39 is 0 Å². The maximum absolute atomic E-state index is 5.81. The van der Waals surface area contributed by atoms with Gasteiger partial charge in [-0.1, -0.05) is 40.0 Å². The van der Waals surface area contributed by atoms with Crippen molar-refractivity contribution < 1.29 is 9.47 Å². The van der Waals surface area contributed by atoms with Crippen molar-refractivity contribution in [3.8, 4) is 0 Å². The van der Waals surface area contributed by atoms with E-state index >= 15 is 0 Å². The van der Waals surface area contributed by atoms with Crippen LogP contribution in [0.15, 0.2) is 0 Å². The zero-order valence-electron chi connectivity index (χ0n) is 12.1. The van der Waals surface area contributed by atoms with Gasteiger partial charge in [-0.25, -0.2) is 0 Å². The molecular weight excluding hydrogens is 214 g/mol. The van der Waals surface area contributed by atoms with Gasteiger partial charge in [0.05, 0.1) is 19.3 Å². The van der Waals surface area contributed by atoms with Crippen molar-refractivity contribution in [2.24, 2.45) is 5.92 Å². The molecule has 0 fully saturated rings. The molecule has 104 valence electrons. The van der Waals surface area contributed by atoms with Crippen molar-refractivity contribution in [2.45, 2.75) is 52.5 Å². The van der Waals surface area contributed by atoms with Crippen LogP contribution in [0, 0.1) is 5.92 Å². The van der Waals surface area contributed by atoms with Gasteiger partial charge in [0.25, 0.3) is 0 Å². The third-order valence-electron chi connectivity index (χ3n) is 3.08. The molecule has 0 rings (SSSR count). The summed E-state index contributed by atoms with van der Waals surface area (Å²) in [5, 5.41) is 3.37. The average molecular weight is 245 g/mol. The number of hydrogen-bond acceptors (Lipinski definition) is 3. The second-order valence-corrected chi connectivity index (χ2v) is 4.66. The van der Waals surface area contributed by atoms with Gasteiger partial charge < -0.3 is 14.8 Å². The number of hydrogen-bond donors (Lipinski definition) is 1. The molecule has 0 aromatic heterocycles. The Balaban J connectivity index is 3.67. The largest absolute Gasteiger partial charge is 0.383 e. The number of rotatable bonds is 12. The second kappa shape index (κ2) is 12.3. The molecule has 0 saturated carbocycles. The molecule has 0 heterocycles. The molecule has 3 heteroatoms. The summed E-state index contributed by atoms with van der Waals surface area (Å²) in [6, 6.07) is 0.327. The van der Waals surface area contributed by atoms with Crippen LogP contribution in [-0.2, 0) is 9.47 Å². The first-order valence-corrected chi connectivity index (χ1v) is 7.08. The molecule has 0 radical (unpaired) electrons. The molecule has 1 N–H and O–H groups in total. The molecular formula is C14H31NO2. The van der Waals surface area contributed by atoms with Crippen LogP contribution in [0.4, 0.5) is 0 Å². The Bertz CT molecular complexity index is 147. The van der Waals surface area contributed by atoms with E-state index in [2.05, 4.69) is 26.1 Å².